The first kappa shape index (κ1) is 16.4. The summed E-state index contributed by atoms with van der Waals surface area (Å²) in [5.41, 5.74) is 1.17. The molecule has 2 aromatic heterocycles. The molecule has 1 saturated heterocycles. The monoisotopic (exact) mass is 343 g/mol. The van der Waals surface area contributed by atoms with Gasteiger partial charge in [0.25, 0.3) is 0 Å². The Morgan fingerprint density at radius 2 is 2.20 bits per heavy atom. The molecule has 2 aliphatic rings. The second kappa shape index (κ2) is 6.67. The molecular formula is C19H25N3O3. The fourth-order valence-corrected chi connectivity index (χ4v) is 4.09. The van der Waals surface area contributed by atoms with E-state index in [1.807, 2.05) is 10.9 Å². The average molecular weight is 343 g/mol. The van der Waals surface area contributed by atoms with Crippen LogP contribution >= 0.6 is 0 Å². The van der Waals surface area contributed by atoms with Crippen molar-refractivity contribution in [3.8, 4) is 0 Å². The zero-order valence-electron chi connectivity index (χ0n) is 14.6. The molecule has 3 heterocycles. The lowest BCUT2D eigenvalue weighted by Gasteiger charge is -2.34. The molecule has 4 rings (SSSR count). The van der Waals surface area contributed by atoms with Gasteiger partial charge in [0.1, 0.15) is 11.5 Å². The van der Waals surface area contributed by atoms with Crippen molar-refractivity contribution in [2.24, 2.45) is 5.92 Å². The van der Waals surface area contributed by atoms with Gasteiger partial charge in [0.2, 0.25) is 0 Å². The molecule has 0 radical (unpaired) electrons. The average Bonchev–Trinajstić information content (AvgIpc) is 3.26. The first-order valence-electron chi connectivity index (χ1n) is 9.23. The summed E-state index contributed by atoms with van der Waals surface area (Å²) in [6.07, 6.45) is 6.42. The van der Waals surface area contributed by atoms with Gasteiger partial charge in [0.15, 0.2) is 0 Å². The van der Waals surface area contributed by atoms with Crippen molar-refractivity contribution in [3.63, 3.8) is 0 Å². The van der Waals surface area contributed by atoms with Crippen LogP contribution in [0, 0.1) is 5.92 Å². The molecule has 0 aromatic carbocycles. The maximum atomic E-state index is 11.0. The van der Waals surface area contributed by atoms with E-state index in [-0.39, 0.29) is 12.0 Å². The van der Waals surface area contributed by atoms with Gasteiger partial charge in [-0.25, -0.2) is 0 Å². The molecule has 134 valence electrons. The second-order valence-electron chi connectivity index (χ2n) is 7.21. The van der Waals surface area contributed by atoms with Crippen LogP contribution in [0.1, 0.15) is 61.9 Å². The lowest BCUT2D eigenvalue weighted by molar-refractivity contribution is -0.146. The van der Waals surface area contributed by atoms with Gasteiger partial charge in [-0.1, -0.05) is 6.92 Å². The van der Waals surface area contributed by atoms with Gasteiger partial charge >= 0.3 is 5.97 Å². The van der Waals surface area contributed by atoms with Gasteiger partial charge < -0.3 is 9.52 Å². The van der Waals surface area contributed by atoms with Gasteiger partial charge in [-0.3, -0.25) is 14.4 Å². The maximum Gasteiger partial charge on any atom is 0.306 e. The van der Waals surface area contributed by atoms with Crippen molar-refractivity contribution in [1.29, 1.82) is 0 Å². The Hall–Kier alpha value is -2.08. The predicted molar refractivity (Wildman–Crippen MR) is 92.1 cm³/mol. The number of hydrogen-bond acceptors (Lipinski definition) is 4. The first-order chi connectivity index (χ1) is 12.2. The summed E-state index contributed by atoms with van der Waals surface area (Å²) in [5, 5.41) is 13.5. The smallest absolute Gasteiger partial charge is 0.306 e. The quantitative estimate of drug-likeness (QED) is 0.870. The molecule has 2 fully saturated rings. The van der Waals surface area contributed by atoms with Crippen molar-refractivity contribution in [2.75, 3.05) is 6.54 Å². The zero-order chi connectivity index (χ0) is 17.4. The molecule has 25 heavy (non-hydrogen) atoms. The highest BCUT2D eigenvalue weighted by Crippen LogP contribution is 2.39. The summed E-state index contributed by atoms with van der Waals surface area (Å²) >= 11 is 0. The second-order valence-corrected chi connectivity index (χ2v) is 7.21. The van der Waals surface area contributed by atoms with Crippen molar-refractivity contribution >= 4 is 5.97 Å². The Balaban J connectivity index is 1.45. The summed E-state index contributed by atoms with van der Waals surface area (Å²) in [6, 6.07) is 6.81. The Labute approximate surface area is 147 Å². The fraction of sp³-hybridized carbons (Fsp3) is 0.579. The molecule has 1 unspecified atom stereocenters. The molecular weight excluding hydrogens is 318 g/mol. The van der Waals surface area contributed by atoms with E-state index in [0.29, 0.717) is 18.9 Å². The number of hydrogen-bond donors (Lipinski definition) is 1. The van der Waals surface area contributed by atoms with Crippen molar-refractivity contribution in [1.82, 2.24) is 14.7 Å². The molecule has 1 N–H and O–H groups in total. The largest absolute Gasteiger partial charge is 0.481 e. The molecule has 0 amide bonds. The van der Waals surface area contributed by atoms with E-state index in [0.717, 1.165) is 37.5 Å². The van der Waals surface area contributed by atoms with Gasteiger partial charge in [-0.2, -0.15) is 5.10 Å². The number of aryl methyl sites for hydroxylation is 1. The fourth-order valence-electron chi connectivity index (χ4n) is 4.09. The molecule has 6 nitrogen and oxygen atoms in total. The number of rotatable bonds is 6. The number of furan rings is 1. The SMILES string of the molecule is CCc1ccc(C2CCCN2Cc2ccnn2C2CC(C(=O)O)C2)o1. The summed E-state index contributed by atoms with van der Waals surface area (Å²) in [5.74, 6) is 1.21. The maximum absolute atomic E-state index is 11.0. The number of aliphatic carboxylic acids is 1. The third kappa shape index (κ3) is 3.11. The lowest BCUT2D eigenvalue weighted by atomic mass is 9.80. The van der Waals surface area contributed by atoms with E-state index >= 15 is 0 Å². The number of carboxylic acids is 1. The molecule has 1 aliphatic carbocycles. The number of likely N-dealkylation sites (tertiary alicyclic amines) is 1. The predicted octanol–water partition coefficient (Wildman–Crippen LogP) is 3.41. The normalized spacial score (nSPS) is 26.7. The van der Waals surface area contributed by atoms with E-state index in [1.165, 1.54) is 12.1 Å². The Kier molecular flexibility index (Phi) is 4.37. The van der Waals surface area contributed by atoms with E-state index < -0.39 is 5.97 Å². The molecule has 0 bridgehead atoms. The van der Waals surface area contributed by atoms with Crippen LogP contribution in [0.2, 0.25) is 0 Å². The van der Waals surface area contributed by atoms with Gasteiger partial charge in [-0.15, -0.1) is 0 Å². The third-order valence-corrected chi connectivity index (χ3v) is 5.65. The molecule has 1 atom stereocenters. The molecule has 0 spiro atoms. The third-order valence-electron chi connectivity index (χ3n) is 5.65. The summed E-state index contributed by atoms with van der Waals surface area (Å²) < 4.78 is 8.02. The minimum Gasteiger partial charge on any atom is -0.481 e. The van der Waals surface area contributed by atoms with Crippen molar-refractivity contribution < 1.29 is 14.3 Å². The van der Waals surface area contributed by atoms with Gasteiger partial charge in [-0.05, 0) is 50.4 Å². The highest BCUT2D eigenvalue weighted by atomic mass is 16.4. The highest BCUT2D eigenvalue weighted by Gasteiger charge is 2.37. The van der Waals surface area contributed by atoms with Crippen LogP contribution in [0.25, 0.3) is 0 Å². The molecule has 6 heteroatoms. The van der Waals surface area contributed by atoms with Crippen molar-refractivity contribution in [2.45, 2.75) is 57.7 Å². The van der Waals surface area contributed by atoms with Crippen LogP contribution < -0.4 is 0 Å². The number of carbonyl (C=O) groups is 1. The standard InChI is InChI=1S/C19H25N3O3/c1-2-16-5-6-18(25-16)17-4-3-9-21(17)12-14-7-8-20-22(14)15-10-13(11-15)19(23)24/h5-8,13,15,17H,2-4,9-12H2,1H3,(H,23,24). The van der Waals surface area contributed by atoms with Crippen LogP contribution in [0.3, 0.4) is 0 Å². The number of aromatic nitrogens is 2. The van der Waals surface area contributed by atoms with Gasteiger partial charge in [0, 0.05) is 19.2 Å². The summed E-state index contributed by atoms with van der Waals surface area (Å²) in [6.45, 7) is 4.00. The minimum absolute atomic E-state index is 0.211. The van der Waals surface area contributed by atoms with Gasteiger partial charge in [0.05, 0.1) is 23.7 Å². The topological polar surface area (TPSA) is 71.5 Å². The van der Waals surface area contributed by atoms with Crippen molar-refractivity contribution in [3.05, 3.63) is 41.6 Å². The minimum atomic E-state index is -0.686. The Bertz CT molecular complexity index is 745. The van der Waals surface area contributed by atoms with E-state index in [4.69, 9.17) is 9.52 Å². The Morgan fingerprint density at radius 1 is 1.36 bits per heavy atom. The molecule has 1 aliphatic heterocycles. The first-order valence-corrected chi connectivity index (χ1v) is 9.23. The molecule has 1 saturated carbocycles. The van der Waals surface area contributed by atoms with E-state index in [1.54, 1.807) is 0 Å². The van der Waals surface area contributed by atoms with E-state index in [2.05, 4.69) is 35.1 Å². The summed E-state index contributed by atoms with van der Waals surface area (Å²) in [4.78, 5) is 13.5. The number of nitrogens with zero attached hydrogens (tertiary/aromatic N) is 3. The van der Waals surface area contributed by atoms with Crippen LogP contribution in [0.15, 0.2) is 28.8 Å². The summed E-state index contributed by atoms with van der Waals surface area (Å²) in [7, 11) is 0. The zero-order valence-corrected chi connectivity index (χ0v) is 14.6. The molecule has 2 aromatic rings. The van der Waals surface area contributed by atoms with E-state index in [9.17, 15) is 4.79 Å². The Morgan fingerprint density at radius 3 is 2.92 bits per heavy atom. The van der Waals surface area contributed by atoms with Crippen LogP contribution in [-0.4, -0.2) is 32.3 Å². The number of carboxylic acid groups (broad SMARTS) is 1. The van der Waals surface area contributed by atoms with Crippen LogP contribution in [-0.2, 0) is 17.8 Å². The van der Waals surface area contributed by atoms with Crippen LogP contribution in [0.5, 0.6) is 0 Å². The highest BCUT2D eigenvalue weighted by molar-refractivity contribution is 5.71. The van der Waals surface area contributed by atoms with Crippen LogP contribution in [0.4, 0.5) is 0 Å². The lowest BCUT2D eigenvalue weighted by Crippen LogP contribution is -2.34.